The van der Waals surface area contributed by atoms with Gasteiger partial charge in [0.25, 0.3) is 0 Å². The van der Waals surface area contributed by atoms with Crippen molar-refractivity contribution in [3.05, 3.63) is 29.8 Å². The highest BCUT2D eigenvalue weighted by molar-refractivity contribution is 5.77. The molecule has 0 aliphatic rings. The summed E-state index contributed by atoms with van der Waals surface area (Å²) in [5.74, 6) is -0.326. The topological polar surface area (TPSA) is 83.5 Å². The van der Waals surface area contributed by atoms with Gasteiger partial charge in [-0.3, -0.25) is 4.79 Å². The first-order chi connectivity index (χ1) is 9.35. The Balaban J connectivity index is 2.42. The van der Waals surface area contributed by atoms with Crippen molar-refractivity contribution >= 4 is 5.97 Å². The maximum absolute atomic E-state index is 11.1. The molecule has 0 amide bonds. The Morgan fingerprint density at radius 3 is 2.45 bits per heavy atom. The predicted molar refractivity (Wildman–Crippen MR) is 79.7 cm³/mol. The van der Waals surface area contributed by atoms with E-state index in [1.54, 1.807) is 19.1 Å². The molecule has 1 aromatic rings. The lowest BCUT2D eigenvalue weighted by atomic mass is 9.85. The predicted octanol–water partition coefficient (Wildman–Crippen LogP) is 2.93. The highest BCUT2D eigenvalue weighted by Gasteiger charge is 2.30. The van der Waals surface area contributed by atoms with E-state index in [9.17, 15) is 9.90 Å². The first-order valence-corrected chi connectivity index (χ1v) is 7.15. The fourth-order valence-corrected chi connectivity index (χ4v) is 2.39. The average molecular weight is 279 g/mol. The van der Waals surface area contributed by atoms with E-state index in [-0.39, 0.29) is 5.75 Å². The van der Waals surface area contributed by atoms with Gasteiger partial charge in [-0.25, -0.2) is 0 Å². The fourth-order valence-electron chi connectivity index (χ4n) is 2.39. The minimum Gasteiger partial charge on any atom is -0.508 e. The SMILES string of the molecule is CCC(CCCc1ccc(O)cc1)CC(C)(N)C(=O)O. The van der Waals surface area contributed by atoms with Gasteiger partial charge in [0.2, 0.25) is 0 Å². The molecule has 1 rings (SSSR count). The highest BCUT2D eigenvalue weighted by atomic mass is 16.4. The Morgan fingerprint density at radius 2 is 1.95 bits per heavy atom. The maximum Gasteiger partial charge on any atom is 0.323 e. The molecule has 0 saturated heterocycles. The largest absolute Gasteiger partial charge is 0.508 e. The molecule has 0 aromatic heterocycles. The lowest BCUT2D eigenvalue weighted by Crippen LogP contribution is -2.46. The molecule has 4 N–H and O–H groups in total. The number of nitrogens with two attached hydrogens (primary N) is 1. The molecule has 2 unspecified atom stereocenters. The monoisotopic (exact) mass is 279 g/mol. The summed E-state index contributed by atoms with van der Waals surface area (Å²) in [6.45, 7) is 3.65. The molecule has 1 aromatic carbocycles. The number of aliphatic carboxylic acids is 1. The third-order valence-corrected chi connectivity index (χ3v) is 3.79. The van der Waals surface area contributed by atoms with E-state index in [4.69, 9.17) is 10.8 Å². The van der Waals surface area contributed by atoms with E-state index >= 15 is 0 Å². The number of phenolic OH excluding ortho intramolecular Hbond substituents is 1. The van der Waals surface area contributed by atoms with E-state index in [1.165, 1.54) is 5.56 Å². The van der Waals surface area contributed by atoms with Crippen molar-refractivity contribution in [1.82, 2.24) is 0 Å². The standard InChI is InChI=1S/C16H25NO3/c1-3-12(11-16(2,17)15(19)20)5-4-6-13-7-9-14(18)10-8-13/h7-10,12,18H,3-6,11,17H2,1-2H3,(H,19,20). The smallest absolute Gasteiger partial charge is 0.323 e. The second-order valence-electron chi connectivity index (χ2n) is 5.76. The van der Waals surface area contributed by atoms with Gasteiger partial charge in [0.15, 0.2) is 0 Å². The molecule has 0 aliphatic carbocycles. The second-order valence-corrected chi connectivity index (χ2v) is 5.76. The zero-order valence-electron chi connectivity index (χ0n) is 12.3. The third-order valence-electron chi connectivity index (χ3n) is 3.79. The lowest BCUT2D eigenvalue weighted by molar-refractivity contribution is -0.143. The van der Waals surface area contributed by atoms with Gasteiger partial charge in [-0.2, -0.15) is 0 Å². The Bertz CT molecular complexity index is 426. The molecule has 4 nitrogen and oxygen atoms in total. The van der Waals surface area contributed by atoms with Crippen LogP contribution in [0, 0.1) is 5.92 Å². The van der Waals surface area contributed by atoms with Crippen LogP contribution >= 0.6 is 0 Å². The van der Waals surface area contributed by atoms with Crippen molar-refractivity contribution in [2.45, 2.75) is 51.5 Å². The molecule has 4 heteroatoms. The Hall–Kier alpha value is -1.55. The van der Waals surface area contributed by atoms with Crippen LogP contribution in [0.5, 0.6) is 5.75 Å². The maximum atomic E-state index is 11.1. The quantitative estimate of drug-likeness (QED) is 0.683. The fraction of sp³-hybridized carbons (Fsp3) is 0.562. The zero-order chi connectivity index (χ0) is 15.2. The van der Waals surface area contributed by atoms with E-state index < -0.39 is 11.5 Å². The number of benzene rings is 1. The van der Waals surface area contributed by atoms with Crippen LogP contribution in [0.2, 0.25) is 0 Å². The molecule has 112 valence electrons. The molecule has 0 heterocycles. The van der Waals surface area contributed by atoms with Crippen LogP contribution in [-0.4, -0.2) is 21.7 Å². The molecular weight excluding hydrogens is 254 g/mol. The summed E-state index contributed by atoms with van der Waals surface area (Å²) in [5.41, 5.74) is 5.85. The van der Waals surface area contributed by atoms with Crippen molar-refractivity contribution < 1.29 is 15.0 Å². The van der Waals surface area contributed by atoms with Crippen molar-refractivity contribution in [3.8, 4) is 5.75 Å². The molecule has 2 atom stereocenters. The molecule has 0 aliphatic heterocycles. The highest BCUT2D eigenvalue weighted by Crippen LogP contribution is 2.23. The summed E-state index contributed by atoms with van der Waals surface area (Å²) in [6, 6.07) is 7.21. The molecule has 0 spiro atoms. The van der Waals surface area contributed by atoms with E-state index in [1.807, 2.05) is 12.1 Å². The molecular formula is C16H25NO3. The zero-order valence-corrected chi connectivity index (χ0v) is 12.3. The number of aryl methyl sites for hydroxylation is 1. The first-order valence-electron chi connectivity index (χ1n) is 7.15. The van der Waals surface area contributed by atoms with Gasteiger partial charge in [-0.05, 0) is 49.8 Å². The van der Waals surface area contributed by atoms with Crippen LogP contribution in [-0.2, 0) is 11.2 Å². The van der Waals surface area contributed by atoms with Gasteiger partial charge in [-0.15, -0.1) is 0 Å². The average Bonchev–Trinajstić information content (AvgIpc) is 2.39. The Labute approximate surface area is 120 Å². The van der Waals surface area contributed by atoms with Gasteiger partial charge >= 0.3 is 5.97 Å². The normalized spacial score (nSPS) is 15.6. The van der Waals surface area contributed by atoms with Crippen LogP contribution < -0.4 is 5.73 Å². The number of carbonyl (C=O) groups is 1. The van der Waals surface area contributed by atoms with Crippen molar-refractivity contribution in [2.24, 2.45) is 11.7 Å². The first kappa shape index (κ1) is 16.5. The molecule has 0 bridgehead atoms. The van der Waals surface area contributed by atoms with Gasteiger partial charge in [0.05, 0.1) is 0 Å². The molecule has 0 radical (unpaired) electrons. The van der Waals surface area contributed by atoms with Crippen molar-refractivity contribution in [3.63, 3.8) is 0 Å². The summed E-state index contributed by atoms with van der Waals surface area (Å²) >= 11 is 0. The molecule has 20 heavy (non-hydrogen) atoms. The van der Waals surface area contributed by atoms with Gasteiger partial charge in [0, 0.05) is 0 Å². The number of carboxylic acid groups (broad SMARTS) is 1. The third kappa shape index (κ3) is 5.21. The van der Waals surface area contributed by atoms with Gasteiger partial charge < -0.3 is 15.9 Å². The van der Waals surface area contributed by atoms with E-state index in [0.717, 1.165) is 25.7 Å². The number of aromatic hydroxyl groups is 1. The van der Waals surface area contributed by atoms with Crippen molar-refractivity contribution in [1.29, 1.82) is 0 Å². The number of carboxylic acids is 1. The molecule has 0 saturated carbocycles. The van der Waals surface area contributed by atoms with Crippen LogP contribution in [0.3, 0.4) is 0 Å². The molecule has 0 fully saturated rings. The number of phenols is 1. The van der Waals surface area contributed by atoms with E-state index in [0.29, 0.717) is 12.3 Å². The van der Waals surface area contributed by atoms with Crippen LogP contribution in [0.4, 0.5) is 0 Å². The number of hydrogen-bond donors (Lipinski definition) is 3. The summed E-state index contributed by atoms with van der Waals surface area (Å²) in [4.78, 5) is 11.1. The summed E-state index contributed by atoms with van der Waals surface area (Å²) < 4.78 is 0. The van der Waals surface area contributed by atoms with Gasteiger partial charge in [-0.1, -0.05) is 31.9 Å². The summed E-state index contributed by atoms with van der Waals surface area (Å²) in [7, 11) is 0. The van der Waals surface area contributed by atoms with Crippen LogP contribution in [0.15, 0.2) is 24.3 Å². The minimum atomic E-state index is -1.14. The number of rotatable bonds is 8. The lowest BCUT2D eigenvalue weighted by Gasteiger charge is -2.25. The number of hydrogen-bond acceptors (Lipinski definition) is 3. The summed E-state index contributed by atoms with van der Waals surface area (Å²) in [5, 5.41) is 18.3. The minimum absolute atomic E-state index is 0.278. The van der Waals surface area contributed by atoms with Crippen molar-refractivity contribution in [2.75, 3.05) is 0 Å². The summed E-state index contributed by atoms with van der Waals surface area (Å²) in [6.07, 6.45) is 4.35. The Morgan fingerprint density at radius 1 is 1.35 bits per heavy atom. The van der Waals surface area contributed by atoms with E-state index in [2.05, 4.69) is 6.92 Å². The Kier molecular flexibility index (Phi) is 6.02. The van der Waals surface area contributed by atoms with Crippen LogP contribution in [0.25, 0.3) is 0 Å². The van der Waals surface area contributed by atoms with Crippen LogP contribution in [0.1, 0.15) is 45.1 Å². The second kappa shape index (κ2) is 7.29. The van der Waals surface area contributed by atoms with Gasteiger partial charge in [0.1, 0.15) is 11.3 Å².